The molecule has 198 valence electrons. The van der Waals surface area contributed by atoms with Gasteiger partial charge >= 0.3 is 5.97 Å². The van der Waals surface area contributed by atoms with E-state index in [2.05, 4.69) is 30.6 Å². The van der Waals surface area contributed by atoms with Crippen molar-refractivity contribution in [1.29, 1.82) is 0 Å². The van der Waals surface area contributed by atoms with E-state index in [0.717, 1.165) is 56.0 Å². The van der Waals surface area contributed by atoms with Crippen molar-refractivity contribution in [2.24, 2.45) is 40.4 Å². The molecule has 5 unspecified atom stereocenters. The van der Waals surface area contributed by atoms with Crippen LogP contribution in [0, 0.1) is 40.4 Å². The molecular formula is C30H50N2O3. The maximum absolute atomic E-state index is 12.3. The van der Waals surface area contributed by atoms with Crippen LogP contribution in [-0.4, -0.2) is 73.3 Å². The molecule has 0 bridgehead atoms. The van der Waals surface area contributed by atoms with Crippen molar-refractivity contribution >= 4 is 5.97 Å². The van der Waals surface area contributed by atoms with Crippen LogP contribution in [0.25, 0.3) is 0 Å². The van der Waals surface area contributed by atoms with Gasteiger partial charge in [0.05, 0.1) is 13.2 Å². The summed E-state index contributed by atoms with van der Waals surface area (Å²) >= 11 is 0. The standard InChI is InChI=1S/C30H50N2O3/c1-20-17-22-7-8-23-24(30(22,4)19-27(20)32-13-15-34-16-14-32)9-10-29(3)25(23)18-26(28(29)35-21(2)33)31-11-5-6-12-31/h20,22-28H,5-19H2,1-4H3/t20?,22?,23?,24?,25?,26-,27-,28-,29-,30-/m0/s1. The van der Waals surface area contributed by atoms with Crippen molar-refractivity contribution in [3.05, 3.63) is 0 Å². The van der Waals surface area contributed by atoms with Crippen molar-refractivity contribution in [3.63, 3.8) is 0 Å². The molecule has 2 aliphatic heterocycles. The first-order chi connectivity index (χ1) is 16.8. The number of ether oxygens (including phenoxy) is 2. The molecule has 4 saturated carbocycles. The van der Waals surface area contributed by atoms with Crippen LogP contribution in [0.5, 0.6) is 0 Å². The molecule has 0 radical (unpaired) electrons. The van der Waals surface area contributed by atoms with Crippen LogP contribution in [0.3, 0.4) is 0 Å². The second-order valence-corrected chi connectivity index (χ2v) is 13.9. The summed E-state index contributed by atoms with van der Waals surface area (Å²) in [6, 6.07) is 1.16. The van der Waals surface area contributed by atoms with Crippen molar-refractivity contribution in [2.75, 3.05) is 39.4 Å². The van der Waals surface area contributed by atoms with E-state index in [1.165, 1.54) is 70.9 Å². The Balaban J connectivity index is 1.27. The third kappa shape index (κ3) is 4.02. The molecular weight excluding hydrogens is 436 g/mol. The Morgan fingerprint density at radius 3 is 2.31 bits per heavy atom. The fourth-order valence-electron chi connectivity index (χ4n) is 10.7. The topological polar surface area (TPSA) is 42.0 Å². The van der Waals surface area contributed by atoms with Gasteiger partial charge in [-0.05, 0) is 106 Å². The lowest BCUT2D eigenvalue weighted by molar-refractivity contribution is -0.168. The van der Waals surface area contributed by atoms with E-state index in [9.17, 15) is 4.79 Å². The van der Waals surface area contributed by atoms with Gasteiger partial charge in [0.15, 0.2) is 0 Å². The fraction of sp³-hybridized carbons (Fsp3) is 0.967. The number of carbonyl (C=O) groups is 1. The molecule has 2 heterocycles. The Labute approximate surface area is 213 Å². The molecule has 5 heteroatoms. The zero-order valence-corrected chi connectivity index (χ0v) is 22.8. The van der Waals surface area contributed by atoms with Crippen molar-refractivity contribution < 1.29 is 14.3 Å². The predicted octanol–water partition coefficient (Wildman–Crippen LogP) is 4.98. The minimum Gasteiger partial charge on any atom is -0.460 e. The van der Waals surface area contributed by atoms with Gasteiger partial charge in [-0.15, -0.1) is 0 Å². The highest BCUT2D eigenvalue weighted by atomic mass is 16.5. The average molecular weight is 487 g/mol. The molecule has 6 fully saturated rings. The molecule has 5 nitrogen and oxygen atoms in total. The summed E-state index contributed by atoms with van der Waals surface area (Å²) in [5.74, 6) is 3.96. The third-order valence-corrected chi connectivity index (χ3v) is 12.4. The van der Waals surface area contributed by atoms with Gasteiger partial charge in [0, 0.05) is 37.5 Å². The Kier molecular flexibility index (Phi) is 6.54. The van der Waals surface area contributed by atoms with Crippen LogP contribution in [0.1, 0.15) is 85.5 Å². The quantitative estimate of drug-likeness (QED) is 0.526. The smallest absolute Gasteiger partial charge is 0.302 e. The maximum atomic E-state index is 12.3. The van der Waals surface area contributed by atoms with Crippen LogP contribution < -0.4 is 0 Å². The Hall–Kier alpha value is -0.650. The number of nitrogens with zero attached hydrogens (tertiary/aromatic N) is 2. The highest BCUT2D eigenvalue weighted by molar-refractivity contribution is 5.66. The van der Waals surface area contributed by atoms with Gasteiger partial charge in [0.2, 0.25) is 0 Å². The maximum Gasteiger partial charge on any atom is 0.302 e. The molecule has 10 atom stereocenters. The molecule has 0 aromatic heterocycles. The Morgan fingerprint density at radius 1 is 0.886 bits per heavy atom. The number of fused-ring (bicyclic) bond motifs is 5. The molecule has 35 heavy (non-hydrogen) atoms. The molecule has 0 aromatic rings. The number of esters is 1. The van der Waals surface area contributed by atoms with Crippen LogP contribution in [0.2, 0.25) is 0 Å². The number of carbonyl (C=O) groups excluding carboxylic acids is 1. The Morgan fingerprint density at radius 2 is 1.60 bits per heavy atom. The van der Waals surface area contributed by atoms with Crippen molar-refractivity contribution in [2.45, 2.75) is 104 Å². The normalized spacial score (nSPS) is 50.9. The van der Waals surface area contributed by atoms with Crippen LogP contribution >= 0.6 is 0 Å². The number of morpholine rings is 1. The lowest BCUT2D eigenvalue weighted by Gasteiger charge is -2.62. The summed E-state index contributed by atoms with van der Waals surface area (Å²) in [4.78, 5) is 17.7. The summed E-state index contributed by atoms with van der Waals surface area (Å²) in [7, 11) is 0. The van der Waals surface area contributed by atoms with E-state index in [1.54, 1.807) is 6.92 Å². The Bertz CT molecular complexity index is 792. The summed E-state index contributed by atoms with van der Waals surface area (Å²) < 4.78 is 11.9. The molecule has 4 aliphatic carbocycles. The number of rotatable bonds is 3. The third-order valence-electron chi connectivity index (χ3n) is 12.4. The highest BCUT2D eigenvalue weighted by Crippen LogP contribution is 2.67. The van der Waals surface area contributed by atoms with E-state index >= 15 is 0 Å². The molecule has 0 N–H and O–H groups in total. The summed E-state index contributed by atoms with van der Waals surface area (Å²) in [5, 5.41) is 0. The van der Waals surface area contributed by atoms with Crippen LogP contribution in [0.15, 0.2) is 0 Å². The summed E-state index contributed by atoms with van der Waals surface area (Å²) in [6.45, 7) is 15.8. The van der Waals surface area contributed by atoms with Gasteiger partial charge in [0.25, 0.3) is 0 Å². The predicted molar refractivity (Wildman–Crippen MR) is 138 cm³/mol. The first-order valence-electron chi connectivity index (χ1n) is 15.0. The van der Waals surface area contributed by atoms with Crippen LogP contribution in [-0.2, 0) is 14.3 Å². The monoisotopic (exact) mass is 486 g/mol. The van der Waals surface area contributed by atoms with E-state index in [-0.39, 0.29) is 17.5 Å². The summed E-state index contributed by atoms with van der Waals surface area (Å²) in [5.41, 5.74) is 0.608. The van der Waals surface area contributed by atoms with Crippen LogP contribution in [0.4, 0.5) is 0 Å². The highest BCUT2D eigenvalue weighted by Gasteiger charge is 2.64. The molecule has 6 aliphatic rings. The van der Waals surface area contributed by atoms with Gasteiger partial charge in [-0.25, -0.2) is 0 Å². The van der Waals surface area contributed by atoms with Gasteiger partial charge in [-0.3, -0.25) is 14.6 Å². The number of likely N-dealkylation sites (tertiary alicyclic amines) is 1. The first kappa shape index (κ1) is 24.7. The zero-order valence-electron chi connectivity index (χ0n) is 22.8. The largest absolute Gasteiger partial charge is 0.460 e. The second kappa shape index (κ2) is 9.27. The molecule has 0 amide bonds. The van der Waals surface area contributed by atoms with E-state index in [1.807, 2.05) is 0 Å². The number of hydrogen-bond donors (Lipinski definition) is 0. The van der Waals surface area contributed by atoms with Gasteiger partial charge < -0.3 is 9.47 Å². The van der Waals surface area contributed by atoms with Crippen molar-refractivity contribution in [1.82, 2.24) is 9.80 Å². The van der Waals surface area contributed by atoms with Gasteiger partial charge in [0.1, 0.15) is 6.10 Å². The molecule has 6 rings (SSSR count). The average Bonchev–Trinajstić information content (AvgIpc) is 3.46. The van der Waals surface area contributed by atoms with Gasteiger partial charge in [-0.2, -0.15) is 0 Å². The SMILES string of the molecule is CC(=O)O[C@H]1[C@@H](N2CCCC2)CC2C3CCC4CC(C)[C@@H](N5CCOCC5)C[C@]4(C)C3CC[C@@]21C. The van der Waals surface area contributed by atoms with Crippen molar-refractivity contribution in [3.8, 4) is 0 Å². The fourth-order valence-corrected chi connectivity index (χ4v) is 10.7. The van der Waals surface area contributed by atoms with Gasteiger partial charge in [-0.1, -0.05) is 20.8 Å². The summed E-state index contributed by atoms with van der Waals surface area (Å²) in [6.07, 6.45) is 12.1. The van der Waals surface area contributed by atoms with E-state index < -0.39 is 0 Å². The number of hydrogen-bond acceptors (Lipinski definition) is 5. The lowest BCUT2D eigenvalue weighted by Crippen LogP contribution is -2.59. The minimum absolute atomic E-state index is 0.0755. The first-order valence-corrected chi connectivity index (χ1v) is 15.0. The zero-order chi connectivity index (χ0) is 24.4. The molecule has 0 aromatic carbocycles. The second-order valence-electron chi connectivity index (χ2n) is 13.9. The van der Waals surface area contributed by atoms with E-state index in [0.29, 0.717) is 17.4 Å². The molecule has 2 saturated heterocycles. The van der Waals surface area contributed by atoms with E-state index in [4.69, 9.17) is 9.47 Å². The minimum atomic E-state index is -0.0755. The lowest BCUT2D eigenvalue weighted by atomic mass is 9.44. The molecule has 0 spiro atoms.